The summed E-state index contributed by atoms with van der Waals surface area (Å²) in [6.45, 7) is 4.18. The van der Waals surface area contributed by atoms with Crippen molar-refractivity contribution in [2.75, 3.05) is 0 Å². The standard InChI is InChI=1S/C10H15NO3/c1-7(2)9(10(12)13)11-6-8-4-3-5-14-8/h3-5,7,9,11H,6H2,1-2H3,(H,12,13)/t9-/m1/s1. The quantitative estimate of drug-likeness (QED) is 0.750. The van der Waals surface area contributed by atoms with E-state index in [-0.39, 0.29) is 5.92 Å². The van der Waals surface area contributed by atoms with E-state index < -0.39 is 12.0 Å². The second-order valence-electron chi connectivity index (χ2n) is 3.52. The first kappa shape index (κ1) is 10.8. The number of carboxylic acids is 1. The zero-order valence-electron chi connectivity index (χ0n) is 8.36. The Hall–Kier alpha value is -1.29. The van der Waals surface area contributed by atoms with Gasteiger partial charge >= 0.3 is 5.97 Å². The van der Waals surface area contributed by atoms with E-state index in [2.05, 4.69) is 5.32 Å². The van der Waals surface area contributed by atoms with Gasteiger partial charge in [-0.1, -0.05) is 13.8 Å². The third-order valence-electron chi connectivity index (χ3n) is 2.01. The highest BCUT2D eigenvalue weighted by Crippen LogP contribution is 2.05. The molecular weight excluding hydrogens is 182 g/mol. The fraction of sp³-hybridized carbons (Fsp3) is 0.500. The van der Waals surface area contributed by atoms with Crippen molar-refractivity contribution in [1.82, 2.24) is 5.32 Å². The molecule has 0 radical (unpaired) electrons. The minimum Gasteiger partial charge on any atom is -0.480 e. The minimum absolute atomic E-state index is 0.0578. The fourth-order valence-corrected chi connectivity index (χ4v) is 1.23. The number of aliphatic carboxylic acids is 1. The average molecular weight is 197 g/mol. The van der Waals surface area contributed by atoms with Gasteiger partial charge in [0.1, 0.15) is 11.8 Å². The van der Waals surface area contributed by atoms with E-state index >= 15 is 0 Å². The largest absolute Gasteiger partial charge is 0.480 e. The lowest BCUT2D eigenvalue weighted by molar-refractivity contribution is -0.140. The Morgan fingerprint density at radius 2 is 2.36 bits per heavy atom. The summed E-state index contributed by atoms with van der Waals surface area (Å²) in [5.74, 6) is -0.0223. The van der Waals surface area contributed by atoms with E-state index in [4.69, 9.17) is 9.52 Å². The predicted octanol–water partition coefficient (Wildman–Crippen LogP) is 1.48. The molecule has 78 valence electrons. The lowest BCUT2D eigenvalue weighted by Crippen LogP contribution is -2.40. The maximum absolute atomic E-state index is 10.8. The van der Waals surface area contributed by atoms with Crippen LogP contribution in [0.1, 0.15) is 19.6 Å². The summed E-state index contributed by atoms with van der Waals surface area (Å²) in [7, 11) is 0. The first-order valence-electron chi connectivity index (χ1n) is 4.60. The molecule has 0 aliphatic heterocycles. The topological polar surface area (TPSA) is 62.5 Å². The highest BCUT2D eigenvalue weighted by molar-refractivity contribution is 5.73. The van der Waals surface area contributed by atoms with Crippen LogP contribution in [0.2, 0.25) is 0 Å². The summed E-state index contributed by atoms with van der Waals surface area (Å²) in [6.07, 6.45) is 1.57. The van der Waals surface area contributed by atoms with Gasteiger partial charge in [-0.15, -0.1) is 0 Å². The first-order valence-corrected chi connectivity index (χ1v) is 4.60. The summed E-state index contributed by atoms with van der Waals surface area (Å²) in [5, 5.41) is 11.8. The smallest absolute Gasteiger partial charge is 0.320 e. The molecule has 1 atom stereocenters. The number of furan rings is 1. The maximum Gasteiger partial charge on any atom is 0.320 e. The molecule has 1 heterocycles. The molecule has 0 saturated heterocycles. The van der Waals surface area contributed by atoms with Crippen molar-refractivity contribution in [3.63, 3.8) is 0 Å². The normalized spacial score (nSPS) is 13.1. The molecule has 1 aromatic heterocycles. The van der Waals surface area contributed by atoms with Crippen LogP contribution in [0.5, 0.6) is 0 Å². The lowest BCUT2D eigenvalue weighted by Gasteiger charge is -2.16. The number of hydrogen-bond donors (Lipinski definition) is 2. The molecule has 0 fully saturated rings. The molecule has 0 aromatic carbocycles. The third-order valence-corrected chi connectivity index (χ3v) is 2.01. The van der Waals surface area contributed by atoms with Crippen molar-refractivity contribution in [1.29, 1.82) is 0 Å². The Kier molecular flexibility index (Phi) is 3.71. The zero-order valence-corrected chi connectivity index (χ0v) is 8.36. The van der Waals surface area contributed by atoms with E-state index in [1.165, 1.54) is 0 Å². The van der Waals surface area contributed by atoms with Crippen molar-refractivity contribution in [2.45, 2.75) is 26.4 Å². The lowest BCUT2D eigenvalue weighted by atomic mass is 10.1. The molecule has 0 aliphatic carbocycles. The first-order chi connectivity index (χ1) is 6.61. The van der Waals surface area contributed by atoms with Crippen molar-refractivity contribution in [2.24, 2.45) is 5.92 Å². The highest BCUT2D eigenvalue weighted by atomic mass is 16.4. The SMILES string of the molecule is CC(C)[C@@H](NCc1ccco1)C(=O)O. The summed E-state index contributed by atoms with van der Waals surface area (Å²) >= 11 is 0. The third kappa shape index (κ3) is 2.88. The van der Waals surface area contributed by atoms with E-state index in [1.54, 1.807) is 12.3 Å². The van der Waals surface area contributed by atoms with Gasteiger partial charge in [0, 0.05) is 0 Å². The molecule has 1 rings (SSSR count). The monoisotopic (exact) mass is 197 g/mol. The van der Waals surface area contributed by atoms with Crippen LogP contribution in [0.4, 0.5) is 0 Å². The predicted molar refractivity (Wildman–Crippen MR) is 51.8 cm³/mol. The molecular formula is C10H15NO3. The fourth-order valence-electron chi connectivity index (χ4n) is 1.23. The number of hydrogen-bond acceptors (Lipinski definition) is 3. The van der Waals surface area contributed by atoms with Crippen molar-refractivity contribution >= 4 is 5.97 Å². The number of carboxylic acid groups (broad SMARTS) is 1. The Balaban J connectivity index is 2.45. The molecule has 0 aliphatic rings. The van der Waals surface area contributed by atoms with Gasteiger partial charge in [0.2, 0.25) is 0 Å². The van der Waals surface area contributed by atoms with Crippen molar-refractivity contribution < 1.29 is 14.3 Å². The van der Waals surface area contributed by atoms with E-state index in [0.717, 1.165) is 5.76 Å². The second kappa shape index (κ2) is 4.81. The van der Waals surface area contributed by atoms with Crippen LogP contribution in [-0.2, 0) is 11.3 Å². The van der Waals surface area contributed by atoms with Crippen LogP contribution >= 0.6 is 0 Å². The summed E-state index contributed by atoms with van der Waals surface area (Å²) < 4.78 is 5.09. The Labute approximate surface area is 82.9 Å². The Morgan fingerprint density at radius 3 is 2.79 bits per heavy atom. The molecule has 0 amide bonds. The van der Waals surface area contributed by atoms with Crippen LogP contribution in [0.3, 0.4) is 0 Å². The minimum atomic E-state index is -0.827. The number of nitrogens with one attached hydrogen (secondary N) is 1. The average Bonchev–Trinajstić information content (AvgIpc) is 2.55. The molecule has 14 heavy (non-hydrogen) atoms. The van der Waals surface area contributed by atoms with Crippen molar-refractivity contribution in [3.05, 3.63) is 24.2 Å². The Bertz CT molecular complexity index is 280. The van der Waals surface area contributed by atoms with Gasteiger partial charge < -0.3 is 9.52 Å². The van der Waals surface area contributed by atoms with Gasteiger partial charge in [-0.3, -0.25) is 10.1 Å². The number of rotatable bonds is 5. The van der Waals surface area contributed by atoms with Gasteiger partial charge in [-0.2, -0.15) is 0 Å². The Morgan fingerprint density at radius 1 is 1.64 bits per heavy atom. The van der Waals surface area contributed by atoms with E-state index in [1.807, 2.05) is 19.9 Å². The van der Waals surface area contributed by atoms with Gasteiger partial charge in [0.05, 0.1) is 12.8 Å². The maximum atomic E-state index is 10.8. The van der Waals surface area contributed by atoms with Gasteiger partial charge in [-0.25, -0.2) is 0 Å². The van der Waals surface area contributed by atoms with Gasteiger partial charge in [-0.05, 0) is 18.1 Å². The molecule has 1 aromatic rings. The van der Waals surface area contributed by atoms with Crippen LogP contribution in [0.15, 0.2) is 22.8 Å². The molecule has 4 nitrogen and oxygen atoms in total. The van der Waals surface area contributed by atoms with Gasteiger partial charge in [0.15, 0.2) is 0 Å². The molecule has 4 heteroatoms. The van der Waals surface area contributed by atoms with Crippen LogP contribution in [-0.4, -0.2) is 17.1 Å². The van der Waals surface area contributed by atoms with Crippen molar-refractivity contribution in [3.8, 4) is 0 Å². The van der Waals surface area contributed by atoms with Crippen LogP contribution < -0.4 is 5.32 Å². The highest BCUT2D eigenvalue weighted by Gasteiger charge is 2.20. The van der Waals surface area contributed by atoms with Gasteiger partial charge in [0.25, 0.3) is 0 Å². The van der Waals surface area contributed by atoms with Crippen LogP contribution in [0.25, 0.3) is 0 Å². The number of carbonyl (C=O) groups is 1. The second-order valence-corrected chi connectivity index (χ2v) is 3.52. The summed E-state index contributed by atoms with van der Waals surface area (Å²) in [5.41, 5.74) is 0. The van der Waals surface area contributed by atoms with Crippen LogP contribution in [0, 0.1) is 5.92 Å². The molecule has 0 spiro atoms. The molecule has 0 saturated carbocycles. The van der Waals surface area contributed by atoms with E-state index in [0.29, 0.717) is 6.54 Å². The zero-order chi connectivity index (χ0) is 10.6. The molecule has 0 bridgehead atoms. The van der Waals surface area contributed by atoms with E-state index in [9.17, 15) is 4.79 Å². The summed E-state index contributed by atoms with van der Waals surface area (Å²) in [4.78, 5) is 10.8. The summed E-state index contributed by atoms with van der Waals surface area (Å²) in [6, 6.07) is 3.06. The molecule has 0 unspecified atom stereocenters. The molecule has 2 N–H and O–H groups in total.